The van der Waals surface area contributed by atoms with Gasteiger partial charge in [0.2, 0.25) is 5.91 Å². The van der Waals surface area contributed by atoms with Crippen LogP contribution in [0.4, 0.5) is 8.78 Å². The van der Waals surface area contributed by atoms with Gasteiger partial charge in [0.15, 0.2) is 0 Å². The van der Waals surface area contributed by atoms with Crippen LogP contribution in [-0.4, -0.2) is 28.4 Å². The summed E-state index contributed by atoms with van der Waals surface area (Å²) in [5, 5.41) is 9.31. The maximum atomic E-state index is 14.3. The molecule has 0 spiro atoms. The normalized spacial score (nSPS) is 10.8. The van der Waals surface area contributed by atoms with E-state index in [-0.39, 0.29) is 36.6 Å². The van der Waals surface area contributed by atoms with Crippen LogP contribution in [0.1, 0.15) is 66.1 Å². The van der Waals surface area contributed by atoms with Crippen molar-refractivity contribution in [2.75, 3.05) is 6.54 Å². The number of carboxylic acid groups (broad SMARTS) is 1. The molecular formula is C30H33F2NO4. The van der Waals surface area contributed by atoms with Gasteiger partial charge in [-0.05, 0) is 36.2 Å². The first-order valence-electron chi connectivity index (χ1n) is 12.6. The van der Waals surface area contributed by atoms with Gasteiger partial charge in [-0.2, -0.15) is 0 Å². The van der Waals surface area contributed by atoms with Crippen LogP contribution < -0.4 is 4.74 Å². The number of halogens is 2. The van der Waals surface area contributed by atoms with Gasteiger partial charge in [-0.3, -0.25) is 4.79 Å². The Morgan fingerprint density at radius 2 is 1.62 bits per heavy atom. The van der Waals surface area contributed by atoms with Crippen molar-refractivity contribution in [1.29, 1.82) is 0 Å². The maximum Gasteiger partial charge on any atom is 0.336 e. The minimum absolute atomic E-state index is 0.0862. The van der Waals surface area contributed by atoms with Gasteiger partial charge in [-0.15, -0.1) is 0 Å². The molecule has 0 unspecified atom stereocenters. The van der Waals surface area contributed by atoms with E-state index < -0.39 is 17.6 Å². The maximum absolute atomic E-state index is 14.3. The Kier molecular flexibility index (Phi) is 10.6. The largest absolute Gasteiger partial charge is 0.489 e. The van der Waals surface area contributed by atoms with E-state index in [0.717, 1.165) is 43.7 Å². The van der Waals surface area contributed by atoms with Gasteiger partial charge >= 0.3 is 5.97 Å². The molecule has 0 bridgehead atoms. The van der Waals surface area contributed by atoms with Gasteiger partial charge < -0.3 is 14.7 Å². The molecule has 0 saturated carbocycles. The number of ether oxygens (including phenoxy) is 1. The number of aromatic carboxylic acids is 1. The van der Waals surface area contributed by atoms with Crippen molar-refractivity contribution in [3.05, 3.63) is 101 Å². The van der Waals surface area contributed by atoms with Gasteiger partial charge in [0, 0.05) is 30.3 Å². The summed E-state index contributed by atoms with van der Waals surface area (Å²) in [5.74, 6) is -1.90. The van der Waals surface area contributed by atoms with Crippen LogP contribution in [0.3, 0.4) is 0 Å². The molecule has 1 amide bonds. The Labute approximate surface area is 216 Å². The van der Waals surface area contributed by atoms with Crippen molar-refractivity contribution >= 4 is 11.9 Å². The summed E-state index contributed by atoms with van der Waals surface area (Å²) in [4.78, 5) is 26.2. The molecule has 0 atom stereocenters. The van der Waals surface area contributed by atoms with Gasteiger partial charge in [0.05, 0.1) is 12.0 Å². The molecule has 0 heterocycles. The number of carbonyl (C=O) groups is 2. The summed E-state index contributed by atoms with van der Waals surface area (Å²) in [6.07, 6.45) is 5.29. The molecule has 3 rings (SSSR count). The molecule has 0 aliphatic carbocycles. The summed E-state index contributed by atoms with van der Waals surface area (Å²) in [6, 6.07) is 17.1. The topological polar surface area (TPSA) is 66.8 Å². The highest BCUT2D eigenvalue weighted by molar-refractivity contribution is 5.89. The van der Waals surface area contributed by atoms with Crippen LogP contribution in [0.15, 0.2) is 66.7 Å². The third-order valence-corrected chi connectivity index (χ3v) is 6.18. The highest BCUT2D eigenvalue weighted by atomic mass is 19.1. The van der Waals surface area contributed by atoms with Crippen molar-refractivity contribution in [2.45, 2.75) is 58.6 Å². The number of unbranched alkanes of at least 4 members (excludes halogenated alkanes) is 4. The minimum atomic E-state index is -1.01. The number of rotatable bonds is 14. The monoisotopic (exact) mass is 509 g/mol. The zero-order valence-electron chi connectivity index (χ0n) is 21.1. The molecule has 0 radical (unpaired) electrons. The van der Waals surface area contributed by atoms with Crippen LogP contribution in [0.25, 0.3) is 0 Å². The Balaban J connectivity index is 1.62. The number of nitrogens with zero attached hydrogens (tertiary/aromatic N) is 1. The van der Waals surface area contributed by atoms with E-state index in [9.17, 15) is 23.5 Å². The Bertz CT molecular complexity index is 1180. The average Bonchev–Trinajstić information content (AvgIpc) is 2.88. The fourth-order valence-electron chi connectivity index (χ4n) is 4.06. The van der Waals surface area contributed by atoms with E-state index in [1.165, 1.54) is 18.2 Å². The Morgan fingerprint density at radius 1 is 0.892 bits per heavy atom. The fraction of sp³-hybridized carbons (Fsp3) is 0.333. The third-order valence-electron chi connectivity index (χ3n) is 6.18. The molecular weight excluding hydrogens is 476 g/mol. The quantitative estimate of drug-likeness (QED) is 0.243. The summed E-state index contributed by atoms with van der Waals surface area (Å²) < 4.78 is 33.4. The lowest BCUT2D eigenvalue weighted by atomic mass is 10.1. The zero-order valence-corrected chi connectivity index (χ0v) is 21.1. The molecule has 0 saturated heterocycles. The predicted molar refractivity (Wildman–Crippen MR) is 138 cm³/mol. The number of hydrogen-bond acceptors (Lipinski definition) is 3. The molecule has 196 valence electrons. The summed E-state index contributed by atoms with van der Waals surface area (Å²) in [7, 11) is 0. The smallest absolute Gasteiger partial charge is 0.336 e. The van der Waals surface area contributed by atoms with Crippen LogP contribution in [0.2, 0.25) is 0 Å². The SMILES string of the molecule is CCCCCCCN(Cc1ccc(F)cc1F)C(=O)Cc1ccc(OCc2ccccc2C(=O)O)cc1. The molecule has 3 aromatic carbocycles. The Hall–Kier alpha value is -3.74. The number of carbonyl (C=O) groups excluding carboxylic acids is 1. The summed E-state index contributed by atoms with van der Waals surface area (Å²) in [5.41, 5.74) is 1.82. The second-order valence-electron chi connectivity index (χ2n) is 9.04. The first kappa shape index (κ1) is 27.8. The molecule has 0 fully saturated rings. The number of benzene rings is 3. The summed E-state index contributed by atoms with van der Waals surface area (Å²) in [6.45, 7) is 2.83. The van der Waals surface area contributed by atoms with Crippen LogP contribution in [0.5, 0.6) is 5.75 Å². The van der Waals surface area contributed by atoms with E-state index in [1.807, 2.05) is 0 Å². The van der Waals surface area contributed by atoms with Crippen molar-refractivity contribution in [2.24, 2.45) is 0 Å². The number of hydrogen-bond donors (Lipinski definition) is 1. The molecule has 1 N–H and O–H groups in total. The fourth-order valence-corrected chi connectivity index (χ4v) is 4.06. The number of amides is 1. The van der Waals surface area contributed by atoms with Gasteiger partial charge in [0.1, 0.15) is 24.0 Å². The molecule has 0 aliphatic heterocycles. The van der Waals surface area contributed by atoms with Gasteiger partial charge in [0.25, 0.3) is 0 Å². The third kappa shape index (κ3) is 8.70. The van der Waals surface area contributed by atoms with Crippen LogP contribution in [0, 0.1) is 11.6 Å². The van der Waals surface area contributed by atoms with Crippen LogP contribution >= 0.6 is 0 Å². The van der Waals surface area contributed by atoms with Crippen molar-refractivity contribution < 1.29 is 28.2 Å². The lowest BCUT2D eigenvalue weighted by molar-refractivity contribution is -0.131. The predicted octanol–water partition coefficient (Wildman–Crippen LogP) is 6.78. The molecule has 7 heteroatoms. The zero-order chi connectivity index (χ0) is 26.6. The standard InChI is InChI=1S/C30H33F2NO4/c1-2-3-4-5-8-17-33(20-23-13-14-25(31)19-28(23)32)29(34)18-22-11-15-26(16-12-22)37-21-24-9-6-7-10-27(24)30(35)36/h6-7,9-16,19H,2-5,8,17-18,20-21H2,1H3,(H,35,36). The molecule has 5 nitrogen and oxygen atoms in total. The second kappa shape index (κ2) is 14.1. The van der Waals surface area contributed by atoms with Crippen molar-refractivity contribution in [3.8, 4) is 5.75 Å². The highest BCUT2D eigenvalue weighted by Gasteiger charge is 2.17. The molecule has 37 heavy (non-hydrogen) atoms. The molecule has 0 aromatic heterocycles. The van der Waals surface area contributed by atoms with E-state index in [2.05, 4.69) is 6.92 Å². The lowest BCUT2D eigenvalue weighted by Crippen LogP contribution is -2.33. The van der Waals surface area contributed by atoms with Gasteiger partial charge in [-0.1, -0.05) is 69.0 Å². The van der Waals surface area contributed by atoms with Crippen molar-refractivity contribution in [3.63, 3.8) is 0 Å². The van der Waals surface area contributed by atoms with E-state index in [0.29, 0.717) is 17.9 Å². The first-order valence-corrected chi connectivity index (χ1v) is 12.6. The first-order chi connectivity index (χ1) is 17.9. The van der Waals surface area contributed by atoms with E-state index in [1.54, 1.807) is 47.4 Å². The molecule has 3 aromatic rings. The second-order valence-corrected chi connectivity index (χ2v) is 9.04. The average molecular weight is 510 g/mol. The number of carboxylic acids is 1. The molecule has 0 aliphatic rings. The van der Waals surface area contributed by atoms with E-state index in [4.69, 9.17) is 4.74 Å². The summed E-state index contributed by atoms with van der Waals surface area (Å²) >= 11 is 0. The van der Waals surface area contributed by atoms with Crippen LogP contribution in [-0.2, 0) is 24.4 Å². The minimum Gasteiger partial charge on any atom is -0.489 e. The lowest BCUT2D eigenvalue weighted by Gasteiger charge is -2.23. The van der Waals surface area contributed by atoms with Crippen molar-refractivity contribution in [1.82, 2.24) is 4.90 Å². The highest BCUT2D eigenvalue weighted by Crippen LogP contribution is 2.19. The van der Waals surface area contributed by atoms with E-state index >= 15 is 0 Å². The van der Waals surface area contributed by atoms with Gasteiger partial charge in [-0.25, -0.2) is 13.6 Å². The Morgan fingerprint density at radius 3 is 2.32 bits per heavy atom.